The van der Waals surface area contributed by atoms with Gasteiger partial charge in [0.2, 0.25) is 5.91 Å². The Hall–Kier alpha value is -2.51. The zero-order valence-corrected chi connectivity index (χ0v) is 56.8. The molecule has 536 valence electrons. The van der Waals surface area contributed by atoms with Crippen molar-refractivity contribution in [2.24, 2.45) is 0 Å². The van der Waals surface area contributed by atoms with E-state index in [1.54, 1.807) is 6.08 Å². The van der Waals surface area contributed by atoms with E-state index in [-0.39, 0.29) is 18.9 Å². The molecule has 1 amide bonds. The van der Waals surface area contributed by atoms with Crippen molar-refractivity contribution < 1.29 is 89.4 Å². The Kier molecular flexibility index (Phi) is 49.6. The second-order valence-corrected chi connectivity index (χ2v) is 26.0. The lowest BCUT2D eigenvalue weighted by atomic mass is 9.96. The molecule has 3 heterocycles. The molecule has 0 spiro atoms. The van der Waals surface area contributed by atoms with E-state index in [2.05, 4.69) is 67.8 Å². The number of nitrogens with one attached hydrogen (secondary N) is 1. The largest absolute Gasteiger partial charge is 0.394 e. The molecule has 12 N–H and O–H groups in total. The minimum atomic E-state index is -1.98. The smallest absolute Gasteiger partial charge is 0.220 e. The molecule has 3 rings (SSSR count). The Morgan fingerprint density at radius 1 is 0.391 bits per heavy atom. The summed E-state index contributed by atoms with van der Waals surface area (Å²) in [6.45, 7) is 1.72. The van der Waals surface area contributed by atoms with Gasteiger partial charge in [-0.3, -0.25) is 4.79 Å². The van der Waals surface area contributed by atoms with Gasteiger partial charge in [0.1, 0.15) is 73.2 Å². The lowest BCUT2D eigenvalue weighted by Gasteiger charge is -2.48. The minimum Gasteiger partial charge on any atom is -0.394 e. The van der Waals surface area contributed by atoms with Crippen LogP contribution in [-0.2, 0) is 33.2 Å². The van der Waals surface area contributed by atoms with Crippen LogP contribution in [0.15, 0.2) is 60.8 Å². The Bertz CT molecular complexity index is 1900. The molecule has 3 fully saturated rings. The molecular weight excluding hydrogens is 1180 g/mol. The summed E-state index contributed by atoms with van der Waals surface area (Å²) in [6.07, 6.45) is 40.5. The molecule has 0 bridgehead atoms. The number of carbonyl (C=O) groups excluding carboxylic acids is 1. The van der Waals surface area contributed by atoms with E-state index in [4.69, 9.17) is 28.4 Å². The van der Waals surface area contributed by atoms with Crippen LogP contribution in [0.5, 0.6) is 0 Å². The quantitative estimate of drug-likeness (QED) is 0.0199. The van der Waals surface area contributed by atoms with Crippen LogP contribution < -0.4 is 5.32 Å². The van der Waals surface area contributed by atoms with Crippen molar-refractivity contribution in [2.75, 3.05) is 26.4 Å². The summed E-state index contributed by atoms with van der Waals surface area (Å²) in [6, 6.07) is -0.998. The van der Waals surface area contributed by atoms with Crippen LogP contribution in [0.2, 0.25) is 0 Å². The maximum absolute atomic E-state index is 13.4. The summed E-state index contributed by atoms with van der Waals surface area (Å²) in [7, 11) is 0. The van der Waals surface area contributed by atoms with Gasteiger partial charge < -0.3 is 89.9 Å². The summed E-state index contributed by atoms with van der Waals surface area (Å²) in [5, 5.41) is 121. The lowest BCUT2D eigenvalue weighted by Crippen LogP contribution is -2.66. The summed E-state index contributed by atoms with van der Waals surface area (Å²) < 4.78 is 34.4. The molecule has 3 aliphatic rings. The predicted octanol–water partition coefficient (Wildman–Crippen LogP) is 10.3. The first-order valence-electron chi connectivity index (χ1n) is 36.5. The number of hydrogen-bond donors (Lipinski definition) is 12. The number of aliphatic hydroxyl groups is 11. The predicted molar refractivity (Wildman–Crippen MR) is 360 cm³/mol. The molecule has 3 aliphatic heterocycles. The molecule has 0 aliphatic carbocycles. The molecule has 0 aromatic rings. The number of ether oxygens (including phenoxy) is 6. The van der Waals surface area contributed by atoms with Crippen molar-refractivity contribution in [1.82, 2.24) is 5.32 Å². The zero-order valence-electron chi connectivity index (χ0n) is 56.8. The second-order valence-electron chi connectivity index (χ2n) is 26.0. The molecule has 0 aromatic heterocycles. The van der Waals surface area contributed by atoms with Crippen molar-refractivity contribution in [3.63, 3.8) is 0 Å². The van der Waals surface area contributed by atoms with Gasteiger partial charge in [-0.25, -0.2) is 0 Å². The molecule has 0 aromatic carbocycles. The number of aliphatic hydroxyl groups excluding tert-OH is 11. The first-order chi connectivity index (χ1) is 44.8. The van der Waals surface area contributed by atoms with E-state index in [1.807, 2.05) is 6.08 Å². The van der Waals surface area contributed by atoms with Crippen LogP contribution in [0, 0.1) is 0 Å². The average molecular weight is 1310 g/mol. The molecule has 3 saturated heterocycles. The maximum atomic E-state index is 13.4. The SMILES string of the molecule is CCCCCCC/C=C\C/C=C\C/C=C\CCCCCCCCCCC(=O)NC(COC1OC(CO)C(OC2OC(CO)C(OC3OC(CO)C(O)C(O)C3O)C(O)C2O)C(O)C1O)C(O)/C=C/CC/C=C/CCCCCCCCCCCCCCCCCCCC. The molecule has 0 saturated carbocycles. The first kappa shape index (κ1) is 83.7. The summed E-state index contributed by atoms with van der Waals surface area (Å²) in [4.78, 5) is 13.4. The number of rotatable bonds is 56. The van der Waals surface area contributed by atoms with Crippen LogP contribution in [0.1, 0.15) is 264 Å². The minimum absolute atomic E-state index is 0.225. The van der Waals surface area contributed by atoms with E-state index in [9.17, 15) is 61.0 Å². The Morgan fingerprint density at radius 2 is 0.728 bits per heavy atom. The van der Waals surface area contributed by atoms with Gasteiger partial charge in [-0.05, 0) is 70.6 Å². The highest BCUT2D eigenvalue weighted by Gasteiger charge is 2.53. The van der Waals surface area contributed by atoms with Crippen LogP contribution in [0.25, 0.3) is 0 Å². The van der Waals surface area contributed by atoms with Crippen LogP contribution in [0.3, 0.4) is 0 Å². The first-order valence-corrected chi connectivity index (χ1v) is 36.5. The van der Waals surface area contributed by atoms with Crippen LogP contribution in [-0.4, -0.2) is 193 Å². The van der Waals surface area contributed by atoms with Crippen LogP contribution >= 0.6 is 0 Å². The molecule has 92 heavy (non-hydrogen) atoms. The van der Waals surface area contributed by atoms with E-state index < -0.39 is 124 Å². The van der Waals surface area contributed by atoms with Gasteiger partial charge in [0.05, 0.1) is 38.6 Å². The van der Waals surface area contributed by atoms with Gasteiger partial charge in [-0.15, -0.1) is 0 Å². The maximum Gasteiger partial charge on any atom is 0.220 e. The second kappa shape index (κ2) is 54.5. The Balaban J connectivity index is 1.44. The summed E-state index contributed by atoms with van der Waals surface area (Å²) in [5.41, 5.74) is 0. The van der Waals surface area contributed by atoms with Crippen molar-refractivity contribution in [2.45, 2.75) is 369 Å². The van der Waals surface area contributed by atoms with Crippen LogP contribution in [0.4, 0.5) is 0 Å². The molecule has 19 heteroatoms. The van der Waals surface area contributed by atoms with Gasteiger partial charge in [-0.2, -0.15) is 0 Å². The fourth-order valence-electron chi connectivity index (χ4n) is 12.1. The highest BCUT2D eigenvalue weighted by molar-refractivity contribution is 5.76. The third-order valence-electron chi connectivity index (χ3n) is 18.0. The molecule has 17 unspecified atom stereocenters. The normalized spacial score (nSPS) is 28.0. The number of allylic oxidation sites excluding steroid dienone is 9. The zero-order chi connectivity index (χ0) is 66.8. The Morgan fingerprint density at radius 3 is 1.16 bits per heavy atom. The highest BCUT2D eigenvalue weighted by atomic mass is 16.8. The van der Waals surface area contributed by atoms with Gasteiger partial charge >= 0.3 is 0 Å². The Labute approximate surface area is 554 Å². The number of amides is 1. The fraction of sp³-hybridized carbons (Fsp3) is 0.849. The highest BCUT2D eigenvalue weighted by Crippen LogP contribution is 2.33. The molecule has 17 atom stereocenters. The van der Waals surface area contributed by atoms with E-state index in [0.717, 1.165) is 64.2 Å². The summed E-state index contributed by atoms with van der Waals surface area (Å²) >= 11 is 0. The van der Waals surface area contributed by atoms with E-state index >= 15 is 0 Å². The topological polar surface area (TPSA) is 307 Å². The van der Waals surface area contributed by atoms with Gasteiger partial charge in [-0.1, -0.05) is 248 Å². The third-order valence-corrected chi connectivity index (χ3v) is 18.0. The van der Waals surface area contributed by atoms with Crippen molar-refractivity contribution >= 4 is 5.91 Å². The monoisotopic (exact) mass is 1310 g/mol. The lowest BCUT2D eigenvalue weighted by molar-refractivity contribution is -0.379. The standard InChI is InChI=1S/C73H131NO18/c1-3-5-7-9-11-13-15-17-19-21-23-25-27-29-30-32-34-36-38-40-42-44-46-48-50-57(78)56(74-61(79)51-49-47-45-43-41-39-37-35-33-31-28-26-24-22-20-18-16-14-12-10-8-6-4-2)55-87-71-67(85)64(82)69(59(53-76)89-71)92-73-68(86)65(83)70(60(54-77)90-73)91-72-66(84)63(81)62(80)58(52-75)88-72/h16,18,22,24,28,31,40,42,48,50,56-60,62-73,75-78,80-86H,3-15,17,19-21,23,25-27,29-30,32-39,41,43-47,49,51-55H2,1-2H3,(H,74,79)/b18-16-,24-22-,31-28-,42-40+,50-48+. The van der Waals surface area contributed by atoms with Gasteiger partial charge in [0.25, 0.3) is 0 Å². The van der Waals surface area contributed by atoms with Crippen molar-refractivity contribution in [1.29, 1.82) is 0 Å². The average Bonchev–Trinajstić information content (AvgIpc) is 0.838. The number of carbonyl (C=O) groups is 1. The summed E-state index contributed by atoms with van der Waals surface area (Å²) in [5.74, 6) is -0.292. The van der Waals surface area contributed by atoms with Crippen molar-refractivity contribution in [3.05, 3.63) is 60.8 Å². The number of unbranched alkanes of at least 4 members (excludes halogenated alkanes) is 32. The fourth-order valence-corrected chi connectivity index (χ4v) is 12.1. The number of hydrogen-bond acceptors (Lipinski definition) is 18. The third kappa shape index (κ3) is 35.7. The van der Waals surface area contributed by atoms with Crippen molar-refractivity contribution in [3.8, 4) is 0 Å². The van der Waals surface area contributed by atoms with Gasteiger partial charge in [0, 0.05) is 6.42 Å². The van der Waals surface area contributed by atoms with E-state index in [1.165, 1.54) is 167 Å². The molecular formula is C73H131NO18. The molecule has 19 nitrogen and oxygen atoms in total. The molecule has 0 radical (unpaired) electrons. The van der Waals surface area contributed by atoms with E-state index in [0.29, 0.717) is 12.8 Å². The van der Waals surface area contributed by atoms with Gasteiger partial charge in [0.15, 0.2) is 18.9 Å².